The second kappa shape index (κ2) is 7.88. The maximum Gasteiger partial charge on any atom is 0.253 e. The molecule has 0 spiro atoms. The average Bonchev–Trinajstić information content (AvgIpc) is 3.50. The van der Waals surface area contributed by atoms with Crippen molar-refractivity contribution in [2.75, 3.05) is 22.4 Å². The fourth-order valence-corrected chi connectivity index (χ4v) is 4.45. The summed E-state index contributed by atoms with van der Waals surface area (Å²) < 4.78 is 25.8. The van der Waals surface area contributed by atoms with Gasteiger partial charge in [0.05, 0.1) is 22.8 Å². The van der Waals surface area contributed by atoms with Gasteiger partial charge in [0.1, 0.15) is 5.82 Å². The van der Waals surface area contributed by atoms with E-state index in [1.165, 1.54) is 16.8 Å². The number of aromatic nitrogens is 3. The zero-order valence-corrected chi connectivity index (χ0v) is 18.2. The van der Waals surface area contributed by atoms with E-state index >= 15 is 0 Å². The molecule has 2 heterocycles. The van der Waals surface area contributed by atoms with Crippen molar-refractivity contribution in [3.63, 3.8) is 0 Å². The Labute approximate surface area is 179 Å². The molecule has 2 aromatic heterocycles. The van der Waals surface area contributed by atoms with Gasteiger partial charge in [-0.05, 0) is 37.8 Å². The minimum atomic E-state index is -3.46. The third kappa shape index (κ3) is 4.41. The van der Waals surface area contributed by atoms with Crippen molar-refractivity contribution in [3.8, 4) is 0 Å². The quantitative estimate of drug-likeness (QED) is 0.575. The number of fused-ring (bicyclic) bond motifs is 1. The topological polar surface area (TPSA) is 108 Å². The average molecular weight is 448 g/mol. The molecule has 0 unspecified atom stereocenters. The van der Waals surface area contributed by atoms with Crippen molar-refractivity contribution in [1.29, 1.82) is 0 Å². The van der Waals surface area contributed by atoms with Gasteiger partial charge in [0.2, 0.25) is 16.0 Å². The minimum Gasteiger partial charge on any atom is -0.347 e. The monoisotopic (exact) mass is 447 g/mol. The molecular weight excluding hydrogens is 426 g/mol. The molecule has 10 heteroatoms. The van der Waals surface area contributed by atoms with E-state index in [2.05, 4.69) is 20.3 Å². The van der Waals surface area contributed by atoms with Crippen LogP contribution in [0.15, 0.2) is 41.3 Å². The number of benzene rings is 1. The van der Waals surface area contributed by atoms with Crippen molar-refractivity contribution in [1.82, 2.24) is 15.0 Å². The third-order valence-electron chi connectivity index (χ3n) is 5.09. The molecule has 0 aliphatic heterocycles. The Morgan fingerprint density at radius 2 is 2.10 bits per heavy atom. The smallest absolute Gasteiger partial charge is 0.253 e. The molecule has 1 aliphatic carbocycles. The van der Waals surface area contributed by atoms with Crippen LogP contribution in [0, 0.1) is 5.92 Å². The molecule has 4 rings (SSSR count). The van der Waals surface area contributed by atoms with Crippen LogP contribution in [0.4, 0.5) is 11.8 Å². The van der Waals surface area contributed by atoms with Gasteiger partial charge >= 0.3 is 0 Å². The minimum absolute atomic E-state index is 0.245. The van der Waals surface area contributed by atoms with Gasteiger partial charge < -0.3 is 10.3 Å². The van der Waals surface area contributed by atoms with E-state index < -0.39 is 16.1 Å². The Hall–Kier alpha value is -2.65. The fraction of sp³-hybridized carbons (Fsp3) is 0.350. The van der Waals surface area contributed by atoms with Crippen LogP contribution in [-0.4, -0.2) is 36.2 Å². The normalized spacial score (nSPS) is 15.2. The number of nitrogens with one attached hydrogen (secondary N) is 2. The van der Waals surface area contributed by atoms with Crippen molar-refractivity contribution in [2.24, 2.45) is 5.92 Å². The predicted molar refractivity (Wildman–Crippen MR) is 119 cm³/mol. The van der Waals surface area contributed by atoms with Gasteiger partial charge in [-0.1, -0.05) is 23.7 Å². The van der Waals surface area contributed by atoms with Gasteiger partial charge in [-0.2, -0.15) is 4.98 Å². The number of hydrogen-bond donors (Lipinski definition) is 2. The fourth-order valence-electron chi connectivity index (χ4n) is 3.30. The Morgan fingerprint density at radius 1 is 1.33 bits per heavy atom. The molecule has 30 heavy (non-hydrogen) atoms. The lowest BCUT2D eigenvalue weighted by molar-refractivity contribution is 0.593. The van der Waals surface area contributed by atoms with Crippen molar-refractivity contribution in [3.05, 3.63) is 57.5 Å². The summed E-state index contributed by atoms with van der Waals surface area (Å²) in [4.78, 5) is 24.0. The maximum absolute atomic E-state index is 12.6. The van der Waals surface area contributed by atoms with Gasteiger partial charge in [-0.25, -0.2) is 13.4 Å². The number of halogens is 1. The van der Waals surface area contributed by atoms with Crippen molar-refractivity contribution < 1.29 is 8.42 Å². The molecule has 0 bridgehead atoms. The van der Waals surface area contributed by atoms with Crippen LogP contribution < -0.4 is 15.2 Å². The molecule has 0 saturated heterocycles. The van der Waals surface area contributed by atoms with Crippen molar-refractivity contribution in [2.45, 2.75) is 25.8 Å². The van der Waals surface area contributed by atoms with Gasteiger partial charge in [-0.3, -0.25) is 9.10 Å². The number of hydrogen-bond acceptors (Lipinski definition) is 6. The first kappa shape index (κ1) is 20.6. The second-order valence-corrected chi connectivity index (χ2v) is 9.91. The van der Waals surface area contributed by atoms with Crippen LogP contribution in [0.3, 0.4) is 0 Å². The van der Waals surface area contributed by atoms with Gasteiger partial charge in [0.25, 0.3) is 5.56 Å². The van der Waals surface area contributed by atoms with E-state index in [-0.39, 0.29) is 11.5 Å². The highest BCUT2D eigenvalue weighted by molar-refractivity contribution is 7.92. The summed E-state index contributed by atoms with van der Waals surface area (Å²) in [5.41, 5.74) is 0.817. The molecule has 1 aliphatic rings. The van der Waals surface area contributed by atoms with Crippen LogP contribution >= 0.6 is 11.6 Å². The van der Waals surface area contributed by atoms with E-state index in [1.54, 1.807) is 18.2 Å². The zero-order valence-electron chi connectivity index (χ0n) is 16.6. The number of para-hydroxylation sites is 1. The Balaban J connectivity index is 1.61. The predicted octanol–water partition coefficient (Wildman–Crippen LogP) is 3.32. The zero-order chi connectivity index (χ0) is 21.5. The first-order valence-corrected chi connectivity index (χ1v) is 11.8. The summed E-state index contributed by atoms with van der Waals surface area (Å²) in [6.45, 7) is 2.23. The molecule has 3 aromatic rings. The SMILES string of the molecule is C[C@H](Nc1nccc(N(CC2CC2)S(C)(=O)=O)n1)c1cc2cccc(Cl)c2[nH]c1=O. The molecule has 1 fully saturated rings. The number of H-pyrrole nitrogens is 1. The van der Waals surface area contributed by atoms with Gasteiger partial charge in [0.15, 0.2) is 0 Å². The standard InChI is InChI=1S/C20H22ClN5O3S/c1-12(15-10-14-4-3-5-16(21)18(14)25-19(15)27)23-20-22-9-8-17(24-20)26(30(2,28)29)11-13-6-7-13/h3-5,8-10,12-13H,6-7,11H2,1-2H3,(H,25,27)(H,22,23,24)/t12-/m0/s1. The van der Waals surface area contributed by atoms with Crippen LogP contribution in [-0.2, 0) is 10.0 Å². The van der Waals surface area contributed by atoms with Crippen LogP contribution in [0.1, 0.15) is 31.4 Å². The van der Waals surface area contributed by atoms with E-state index in [9.17, 15) is 13.2 Å². The lowest BCUT2D eigenvalue weighted by atomic mass is 10.1. The number of nitrogens with zero attached hydrogens (tertiary/aromatic N) is 3. The summed E-state index contributed by atoms with van der Waals surface area (Å²) in [7, 11) is -3.46. The number of anilines is 2. The molecule has 0 amide bonds. The molecule has 158 valence electrons. The Morgan fingerprint density at radius 3 is 2.80 bits per heavy atom. The van der Waals surface area contributed by atoms with E-state index in [1.807, 2.05) is 19.1 Å². The lowest BCUT2D eigenvalue weighted by Gasteiger charge is -2.22. The van der Waals surface area contributed by atoms with Crippen LogP contribution in [0.2, 0.25) is 5.02 Å². The summed E-state index contributed by atoms with van der Waals surface area (Å²) >= 11 is 6.16. The first-order chi connectivity index (χ1) is 14.2. The van der Waals surface area contributed by atoms with Crippen LogP contribution in [0.25, 0.3) is 10.9 Å². The summed E-state index contributed by atoms with van der Waals surface area (Å²) in [5, 5.41) is 4.39. The molecule has 1 atom stereocenters. The largest absolute Gasteiger partial charge is 0.347 e. The maximum atomic E-state index is 12.6. The number of aromatic amines is 1. The van der Waals surface area contributed by atoms with E-state index in [0.717, 1.165) is 18.2 Å². The summed E-state index contributed by atoms with van der Waals surface area (Å²) in [5.74, 6) is 0.927. The molecule has 0 radical (unpaired) electrons. The lowest BCUT2D eigenvalue weighted by Crippen LogP contribution is -2.32. The summed E-state index contributed by atoms with van der Waals surface area (Å²) in [6, 6.07) is 8.34. The van der Waals surface area contributed by atoms with E-state index in [0.29, 0.717) is 34.4 Å². The second-order valence-electron chi connectivity index (χ2n) is 7.60. The number of pyridine rings is 1. The van der Waals surface area contributed by atoms with Gasteiger partial charge in [-0.15, -0.1) is 0 Å². The Kier molecular flexibility index (Phi) is 5.42. The molecule has 1 saturated carbocycles. The molecular formula is C20H22ClN5O3S. The summed E-state index contributed by atoms with van der Waals surface area (Å²) in [6.07, 6.45) is 4.72. The Bertz CT molecular complexity index is 1260. The molecule has 1 aromatic carbocycles. The van der Waals surface area contributed by atoms with E-state index in [4.69, 9.17) is 11.6 Å². The highest BCUT2D eigenvalue weighted by atomic mass is 35.5. The van der Waals surface area contributed by atoms with Gasteiger partial charge in [0, 0.05) is 29.8 Å². The highest BCUT2D eigenvalue weighted by Crippen LogP contribution is 2.32. The third-order valence-corrected chi connectivity index (χ3v) is 6.54. The number of sulfonamides is 1. The number of rotatable bonds is 7. The highest BCUT2D eigenvalue weighted by Gasteiger charge is 2.29. The van der Waals surface area contributed by atoms with Crippen LogP contribution in [0.5, 0.6) is 0 Å². The van der Waals surface area contributed by atoms with Crippen molar-refractivity contribution >= 4 is 44.3 Å². The molecule has 2 N–H and O–H groups in total. The first-order valence-electron chi connectivity index (χ1n) is 9.61. The molecule has 8 nitrogen and oxygen atoms in total.